The van der Waals surface area contributed by atoms with Gasteiger partial charge in [0.25, 0.3) is 0 Å². The van der Waals surface area contributed by atoms with E-state index in [0.29, 0.717) is 5.56 Å². The molecule has 0 spiro atoms. The summed E-state index contributed by atoms with van der Waals surface area (Å²) in [5.41, 5.74) is 8.86. The van der Waals surface area contributed by atoms with Crippen molar-refractivity contribution in [3.05, 3.63) is 118 Å². The van der Waals surface area contributed by atoms with E-state index in [9.17, 15) is 4.79 Å². The van der Waals surface area contributed by atoms with Gasteiger partial charge in [0.2, 0.25) is 0 Å². The van der Waals surface area contributed by atoms with E-state index >= 15 is 0 Å². The molecule has 0 unspecified atom stereocenters. The molecule has 0 saturated carbocycles. The quantitative estimate of drug-likeness (QED) is 0.248. The van der Waals surface area contributed by atoms with Crippen LogP contribution >= 0.6 is 0 Å². The molecular weight excluding hydrogens is 404 g/mol. The maximum Gasteiger partial charge on any atom is 0.185 e. The van der Waals surface area contributed by atoms with Crippen LogP contribution in [0, 0.1) is 18.8 Å². The zero-order valence-corrected chi connectivity index (χ0v) is 19.4. The number of methoxy groups -OCH3 is 1. The van der Waals surface area contributed by atoms with Gasteiger partial charge in [-0.2, -0.15) is 0 Å². The first-order valence-electron chi connectivity index (χ1n) is 11.3. The van der Waals surface area contributed by atoms with Gasteiger partial charge in [-0.05, 0) is 98.4 Å². The zero-order valence-electron chi connectivity index (χ0n) is 19.4. The van der Waals surface area contributed by atoms with Crippen LogP contribution in [0.5, 0.6) is 5.75 Å². The molecule has 2 heteroatoms. The van der Waals surface area contributed by atoms with Crippen molar-refractivity contribution < 1.29 is 9.53 Å². The van der Waals surface area contributed by atoms with Crippen molar-refractivity contribution in [2.24, 2.45) is 0 Å². The number of aryl methyl sites for hydroxylation is 1. The predicted octanol–water partition coefficient (Wildman–Crippen LogP) is 7.17. The predicted molar refractivity (Wildman–Crippen MR) is 135 cm³/mol. The van der Waals surface area contributed by atoms with E-state index in [0.717, 1.165) is 41.7 Å². The Balaban J connectivity index is 1.46. The van der Waals surface area contributed by atoms with Gasteiger partial charge in [-0.15, -0.1) is 0 Å². The van der Waals surface area contributed by atoms with Gasteiger partial charge in [-0.1, -0.05) is 53.3 Å². The van der Waals surface area contributed by atoms with Crippen molar-refractivity contribution in [3.8, 4) is 17.6 Å². The highest BCUT2D eigenvalue weighted by Crippen LogP contribution is 2.35. The third kappa shape index (κ3) is 5.51. The Labute approximate surface area is 196 Å². The van der Waals surface area contributed by atoms with Crippen molar-refractivity contribution in [1.82, 2.24) is 0 Å². The number of rotatable bonds is 4. The molecule has 33 heavy (non-hydrogen) atoms. The summed E-state index contributed by atoms with van der Waals surface area (Å²) < 4.78 is 5.30. The number of ether oxygens (including phenoxy) is 1. The van der Waals surface area contributed by atoms with Crippen molar-refractivity contribution in [3.63, 3.8) is 0 Å². The van der Waals surface area contributed by atoms with Gasteiger partial charge in [0.1, 0.15) is 5.75 Å². The molecule has 0 bridgehead atoms. The second-order valence-electron chi connectivity index (χ2n) is 8.48. The van der Waals surface area contributed by atoms with E-state index in [1.54, 1.807) is 7.11 Å². The summed E-state index contributed by atoms with van der Waals surface area (Å²) in [6.45, 7) is 4.13. The maximum atomic E-state index is 12.8. The summed E-state index contributed by atoms with van der Waals surface area (Å²) >= 11 is 0. The largest absolute Gasteiger partial charge is 0.496 e. The smallest absolute Gasteiger partial charge is 0.185 e. The first-order chi connectivity index (χ1) is 16.0. The summed E-state index contributed by atoms with van der Waals surface area (Å²) in [5, 5.41) is 0. The third-order valence-corrected chi connectivity index (χ3v) is 6.08. The van der Waals surface area contributed by atoms with Crippen LogP contribution in [0.25, 0.3) is 5.57 Å². The monoisotopic (exact) mass is 432 g/mol. The number of hydrogen-bond donors (Lipinski definition) is 0. The number of allylic oxidation sites excluding steroid dienone is 4. The van der Waals surface area contributed by atoms with Crippen LogP contribution in [-0.2, 0) is 0 Å². The SMILES string of the molecule is COc1ccc(C(=O)/C=C2\CCC(c3ccc(C#Cc4ccccc4)cc3)=C(C)C2)cc1C. The van der Waals surface area contributed by atoms with E-state index in [2.05, 4.69) is 43.0 Å². The lowest BCUT2D eigenvalue weighted by atomic mass is 9.84. The molecule has 0 atom stereocenters. The molecule has 1 aliphatic carbocycles. The van der Waals surface area contributed by atoms with Crippen molar-refractivity contribution in [1.29, 1.82) is 0 Å². The van der Waals surface area contributed by atoms with Crippen LogP contribution < -0.4 is 4.74 Å². The lowest BCUT2D eigenvalue weighted by molar-refractivity contribution is 0.104. The molecule has 0 amide bonds. The summed E-state index contributed by atoms with van der Waals surface area (Å²) in [4.78, 5) is 12.8. The van der Waals surface area contributed by atoms with Crippen LogP contribution in [0.15, 0.2) is 90.0 Å². The fourth-order valence-corrected chi connectivity index (χ4v) is 4.27. The minimum Gasteiger partial charge on any atom is -0.496 e. The number of carbonyl (C=O) groups is 1. The molecule has 0 N–H and O–H groups in total. The van der Waals surface area contributed by atoms with Crippen LogP contribution in [0.2, 0.25) is 0 Å². The molecule has 2 nitrogen and oxygen atoms in total. The highest BCUT2D eigenvalue weighted by atomic mass is 16.5. The molecule has 4 rings (SSSR count). The average molecular weight is 433 g/mol. The van der Waals surface area contributed by atoms with Gasteiger partial charge in [-0.3, -0.25) is 4.79 Å². The fraction of sp³-hybridized carbons (Fsp3) is 0.194. The van der Waals surface area contributed by atoms with Crippen molar-refractivity contribution >= 4 is 11.4 Å². The normalized spacial score (nSPS) is 14.6. The fourth-order valence-electron chi connectivity index (χ4n) is 4.27. The van der Waals surface area contributed by atoms with Gasteiger partial charge in [0, 0.05) is 16.7 Å². The molecule has 0 saturated heterocycles. The van der Waals surface area contributed by atoms with Gasteiger partial charge in [0.15, 0.2) is 5.78 Å². The number of carbonyl (C=O) groups excluding carboxylic acids is 1. The summed E-state index contributed by atoms with van der Waals surface area (Å²) in [6.07, 6.45) is 4.51. The summed E-state index contributed by atoms with van der Waals surface area (Å²) in [6, 6.07) is 24.1. The van der Waals surface area contributed by atoms with Crippen LogP contribution in [0.3, 0.4) is 0 Å². The molecule has 0 heterocycles. The zero-order chi connectivity index (χ0) is 23.2. The highest BCUT2D eigenvalue weighted by molar-refractivity contribution is 6.05. The Morgan fingerprint density at radius 3 is 2.21 bits per heavy atom. The minimum absolute atomic E-state index is 0.0633. The number of benzene rings is 3. The first kappa shape index (κ1) is 22.4. The van der Waals surface area contributed by atoms with Crippen molar-refractivity contribution in [2.45, 2.75) is 33.1 Å². The summed E-state index contributed by atoms with van der Waals surface area (Å²) in [5.74, 6) is 7.31. The van der Waals surface area contributed by atoms with Crippen LogP contribution in [-0.4, -0.2) is 12.9 Å². The Hall–Kier alpha value is -3.83. The second-order valence-corrected chi connectivity index (χ2v) is 8.48. The lowest BCUT2D eigenvalue weighted by Crippen LogP contribution is -2.04. The number of hydrogen-bond acceptors (Lipinski definition) is 2. The molecule has 3 aromatic carbocycles. The minimum atomic E-state index is 0.0633. The van der Waals surface area contributed by atoms with Gasteiger partial charge < -0.3 is 4.74 Å². The van der Waals surface area contributed by atoms with E-state index < -0.39 is 0 Å². The highest BCUT2D eigenvalue weighted by Gasteiger charge is 2.16. The van der Waals surface area contributed by atoms with E-state index in [1.807, 2.05) is 61.5 Å². The van der Waals surface area contributed by atoms with E-state index in [1.165, 1.54) is 22.3 Å². The third-order valence-electron chi connectivity index (χ3n) is 6.08. The second kappa shape index (κ2) is 10.2. The Morgan fingerprint density at radius 1 is 0.879 bits per heavy atom. The van der Waals surface area contributed by atoms with Gasteiger partial charge >= 0.3 is 0 Å². The molecule has 0 radical (unpaired) electrons. The van der Waals surface area contributed by atoms with E-state index in [4.69, 9.17) is 4.74 Å². The molecular formula is C31H28O2. The van der Waals surface area contributed by atoms with Gasteiger partial charge in [-0.25, -0.2) is 0 Å². The topological polar surface area (TPSA) is 26.3 Å². The molecule has 164 valence electrons. The van der Waals surface area contributed by atoms with E-state index in [-0.39, 0.29) is 5.78 Å². The van der Waals surface area contributed by atoms with Gasteiger partial charge in [0.05, 0.1) is 7.11 Å². The Kier molecular flexibility index (Phi) is 6.91. The first-order valence-corrected chi connectivity index (χ1v) is 11.3. The van der Waals surface area contributed by atoms with Crippen molar-refractivity contribution in [2.75, 3.05) is 7.11 Å². The summed E-state index contributed by atoms with van der Waals surface area (Å²) in [7, 11) is 1.65. The molecule has 0 aromatic heterocycles. The van der Waals surface area contributed by atoms with Crippen LogP contribution in [0.1, 0.15) is 58.8 Å². The maximum absolute atomic E-state index is 12.8. The Morgan fingerprint density at radius 2 is 1.58 bits per heavy atom. The lowest BCUT2D eigenvalue weighted by Gasteiger charge is -2.21. The molecule has 1 aliphatic rings. The standard InChI is InChI=1S/C31H28O2/c1-22-19-26(21-30(32)28-16-18-31(33-3)23(2)20-28)13-17-29(22)27-14-11-25(12-15-27)10-9-24-7-5-4-6-8-24/h4-8,11-12,14-16,18,20-21H,13,17,19H2,1-3H3/b26-21+. The average Bonchev–Trinajstić information content (AvgIpc) is 2.84. The molecule has 0 fully saturated rings. The Bertz CT molecular complexity index is 1280. The van der Waals surface area contributed by atoms with Crippen LogP contribution in [0.4, 0.5) is 0 Å². The molecule has 0 aliphatic heterocycles. The molecule has 3 aromatic rings. The number of ketones is 1.